The fourth-order valence-electron chi connectivity index (χ4n) is 2.04. The fourth-order valence-corrected chi connectivity index (χ4v) is 2.04. The third-order valence-corrected chi connectivity index (χ3v) is 2.82. The van der Waals surface area contributed by atoms with Crippen LogP contribution in [0.15, 0.2) is 12.1 Å². The Hall–Kier alpha value is -2.17. The molecule has 0 amide bonds. The average Bonchev–Trinajstić information content (AvgIpc) is 2.35. The van der Waals surface area contributed by atoms with Crippen LogP contribution in [0.3, 0.4) is 0 Å². The molecular formula is C13H15NO4. The van der Waals surface area contributed by atoms with Crippen LogP contribution in [0.2, 0.25) is 0 Å². The molecule has 0 aliphatic carbocycles. The van der Waals surface area contributed by atoms with Crippen molar-refractivity contribution in [2.75, 3.05) is 19.5 Å². The van der Waals surface area contributed by atoms with Gasteiger partial charge in [0.2, 0.25) is 0 Å². The highest BCUT2D eigenvalue weighted by Gasteiger charge is 2.20. The summed E-state index contributed by atoms with van der Waals surface area (Å²) in [4.78, 5) is 10.6. The van der Waals surface area contributed by atoms with Crippen molar-refractivity contribution in [3.8, 4) is 11.5 Å². The van der Waals surface area contributed by atoms with E-state index in [9.17, 15) is 4.79 Å². The van der Waals surface area contributed by atoms with E-state index in [1.807, 2.05) is 6.07 Å². The van der Waals surface area contributed by atoms with Crippen LogP contribution in [0, 0.1) is 0 Å². The van der Waals surface area contributed by atoms with Crippen molar-refractivity contribution in [2.45, 2.75) is 12.8 Å². The molecular weight excluding hydrogens is 234 g/mol. The molecule has 0 radical (unpaired) electrons. The zero-order chi connectivity index (χ0) is 13.1. The summed E-state index contributed by atoms with van der Waals surface area (Å²) in [5.74, 6) is 0.139. The van der Waals surface area contributed by atoms with Crippen molar-refractivity contribution in [1.29, 1.82) is 0 Å². The smallest absolute Gasteiger partial charge is 0.328 e. The normalized spacial score (nSPS) is 14.1. The zero-order valence-corrected chi connectivity index (χ0v) is 10.1. The number of aliphatic carboxylic acids is 1. The summed E-state index contributed by atoms with van der Waals surface area (Å²) in [6, 6.07) is 1.82. The van der Waals surface area contributed by atoms with Gasteiger partial charge in [0.1, 0.15) is 0 Å². The van der Waals surface area contributed by atoms with Crippen molar-refractivity contribution < 1.29 is 19.4 Å². The molecule has 0 fully saturated rings. The predicted molar refractivity (Wildman–Crippen MR) is 67.9 cm³/mol. The Morgan fingerprint density at radius 3 is 3.06 bits per heavy atom. The van der Waals surface area contributed by atoms with Gasteiger partial charge >= 0.3 is 5.97 Å². The lowest BCUT2D eigenvalue weighted by Crippen LogP contribution is -2.11. The van der Waals surface area contributed by atoms with Gasteiger partial charge in [-0.2, -0.15) is 0 Å². The van der Waals surface area contributed by atoms with E-state index in [1.54, 1.807) is 0 Å². The number of nitrogens with two attached hydrogens (primary N) is 1. The Kier molecular flexibility index (Phi) is 3.41. The molecule has 1 aromatic rings. The highest BCUT2D eigenvalue weighted by atomic mass is 16.5. The number of methoxy groups -OCH3 is 1. The molecule has 0 aromatic heterocycles. The number of carbonyl (C=O) groups is 1. The number of carboxylic acid groups (broad SMARTS) is 1. The molecule has 1 aromatic carbocycles. The lowest BCUT2D eigenvalue weighted by atomic mass is 10.0. The van der Waals surface area contributed by atoms with Crippen LogP contribution in [-0.4, -0.2) is 24.8 Å². The van der Waals surface area contributed by atoms with Crippen LogP contribution < -0.4 is 15.2 Å². The van der Waals surface area contributed by atoms with Crippen molar-refractivity contribution in [3.05, 3.63) is 23.3 Å². The monoisotopic (exact) mass is 249 g/mol. The van der Waals surface area contributed by atoms with E-state index in [4.69, 9.17) is 20.3 Å². The predicted octanol–water partition coefficient (Wildman–Crippen LogP) is 1.70. The third-order valence-electron chi connectivity index (χ3n) is 2.82. The second kappa shape index (κ2) is 5.00. The Bertz CT molecular complexity index is 508. The molecule has 0 bridgehead atoms. The Labute approximate surface area is 105 Å². The fraction of sp³-hybridized carbons (Fsp3) is 0.308. The zero-order valence-electron chi connectivity index (χ0n) is 10.1. The maximum atomic E-state index is 10.6. The Morgan fingerprint density at radius 1 is 1.61 bits per heavy atom. The summed E-state index contributed by atoms with van der Waals surface area (Å²) >= 11 is 0. The first-order chi connectivity index (χ1) is 8.63. The molecule has 0 spiro atoms. The molecule has 0 saturated carbocycles. The largest absolute Gasteiger partial charge is 0.492 e. The standard InChI is InChI=1S/C13H15NO4/c1-17-13-9(4-5-11(15)16)10(14)7-8-3-2-6-18-12(8)13/h4-5,7H,2-3,6,14H2,1H3,(H,15,16)/b5-4+. The molecule has 96 valence electrons. The number of rotatable bonds is 3. The molecule has 0 saturated heterocycles. The van der Waals surface area contributed by atoms with Crippen LogP contribution in [-0.2, 0) is 11.2 Å². The van der Waals surface area contributed by atoms with E-state index < -0.39 is 5.97 Å². The van der Waals surface area contributed by atoms with Crippen molar-refractivity contribution in [3.63, 3.8) is 0 Å². The number of hydrogen-bond acceptors (Lipinski definition) is 4. The lowest BCUT2D eigenvalue weighted by Gasteiger charge is -2.22. The van der Waals surface area contributed by atoms with Crippen LogP contribution >= 0.6 is 0 Å². The molecule has 5 heteroatoms. The molecule has 2 rings (SSSR count). The van der Waals surface area contributed by atoms with Gasteiger partial charge in [-0.25, -0.2) is 4.79 Å². The van der Waals surface area contributed by atoms with Gasteiger partial charge in [0.25, 0.3) is 0 Å². The van der Waals surface area contributed by atoms with Gasteiger partial charge in [0.15, 0.2) is 11.5 Å². The van der Waals surface area contributed by atoms with Crippen molar-refractivity contribution in [2.24, 2.45) is 0 Å². The summed E-state index contributed by atoms with van der Waals surface area (Å²) in [5, 5.41) is 8.67. The molecule has 1 aliphatic heterocycles. The van der Waals surface area contributed by atoms with Crippen LogP contribution in [0.25, 0.3) is 6.08 Å². The van der Waals surface area contributed by atoms with Gasteiger partial charge in [-0.15, -0.1) is 0 Å². The van der Waals surface area contributed by atoms with Gasteiger partial charge in [-0.3, -0.25) is 0 Å². The second-order valence-electron chi connectivity index (χ2n) is 4.02. The van der Waals surface area contributed by atoms with Gasteiger partial charge < -0.3 is 20.3 Å². The highest BCUT2D eigenvalue weighted by molar-refractivity contribution is 5.88. The Balaban J connectivity index is 2.54. The molecule has 3 N–H and O–H groups in total. The van der Waals surface area contributed by atoms with Gasteiger partial charge in [0.05, 0.1) is 13.7 Å². The maximum absolute atomic E-state index is 10.6. The molecule has 0 unspecified atom stereocenters. The lowest BCUT2D eigenvalue weighted by molar-refractivity contribution is -0.131. The highest BCUT2D eigenvalue weighted by Crippen LogP contribution is 2.41. The summed E-state index contributed by atoms with van der Waals surface area (Å²) in [6.07, 6.45) is 4.29. The number of ether oxygens (including phenoxy) is 2. The van der Waals surface area contributed by atoms with Gasteiger partial charge in [-0.1, -0.05) is 0 Å². The second-order valence-corrected chi connectivity index (χ2v) is 4.02. The van der Waals surface area contributed by atoms with Crippen LogP contribution in [0.5, 0.6) is 11.5 Å². The molecule has 0 atom stereocenters. The van der Waals surface area contributed by atoms with E-state index in [2.05, 4.69) is 0 Å². The number of aryl methyl sites for hydroxylation is 1. The average molecular weight is 249 g/mol. The summed E-state index contributed by atoms with van der Waals surface area (Å²) in [5.41, 5.74) is 7.97. The van der Waals surface area contributed by atoms with Crippen LogP contribution in [0.4, 0.5) is 5.69 Å². The van der Waals surface area contributed by atoms with Crippen molar-refractivity contribution >= 4 is 17.7 Å². The summed E-state index contributed by atoms with van der Waals surface area (Å²) < 4.78 is 10.9. The van der Waals surface area contributed by atoms with Crippen molar-refractivity contribution in [1.82, 2.24) is 0 Å². The molecule has 5 nitrogen and oxygen atoms in total. The quantitative estimate of drug-likeness (QED) is 0.629. The molecule has 18 heavy (non-hydrogen) atoms. The number of fused-ring (bicyclic) bond motifs is 1. The minimum absolute atomic E-state index is 0.494. The first-order valence-electron chi connectivity index (χ1n) is 5.66. The van der Waals surface area contributed by atoms with Gasteiger partial charge in [0, 0.05) is 22.9 Å². The molecule has 1 aliphatic rings. The SMILES string of the molecule is COc1c(/C=C/C(=O)O)c(N)cc2c1OCCC2. The van der Waals surface area contributed by atoms with E-state index >= 15 is 0 Å². The Morgan fingerprint density at radius 2 is 2.39 bits per heavy atom. The van der Waals surface area contributed by atoms with E-state index in [-0.39, 0.29) is 0 Å². The number of nitrogen functional groups attached to an aromatic ring is 1. The van der Waals surface area contributed by atoms with E-state index in [1.165, 1.54) is 13.2 Å². The van der Waals surface area contributed by atoms with Gasteiger partial charge in [-0.05, 0) is 25.0 Å². The maximum Gasteiger partial charge on any atom is 0.328 e. The summed E-state index contributed by atoms with van der Waals surface area (Å²) in [6.45, 7) is 0.634. The number of benzene rings is 1. The minimum atomic E-state index is -1.03. The first kappa shape index (κ1) is 12.3. The number of carboxylic acids is 1. The number of anilines is 1. The first-order valence-corrected chi connectivity index (χ1v) is 5.66. The topological polar surface area (TPSA) is 81.8 Å². The summed E-state index contributed by atoms with van der Waals surface area (Å²) in [7, 11) is 1.52. The van der Waals surface area contributed by atoms with Crippen LogP contribution in [0.1, 0.15) is 17.5 Å². The minimum Gasteiger partial charge on any atom is -0.492 e. The van der Waals surface area contributed by atoms with E-state index in [0.717, 1.165) is 24.5 Å². The molecule has 1 heterocycles. The number of hydrogen-bond donors (Lipinski definition) is 2. The van der Waals surface area contributed by atoms with E-state index in [0.29, 0.717) is 29.4 Å². The third kappa shape index (κ3) is 2.25.